The number of aromatic nitrogens is 1. The summed E-state index contributed by atoms with van der Waals surface area (Å²) in [4.78, 5) is 18.2. The van der Waals surface area contributed by atoms with Crippen LogP contribution in [0.15, 0.2) is 35.2 Å². The molecule has 3 rings (SSSR count). The fourth-order valence-electron chi connectivity index (χ4n) is 2.89. The maximum absolute atomic E-state index is 11.7. The summed E-state index contributed by atoms with van der Waals surface area (Å²) in [7, 11) is 4.00. The van der Waals surface area contributed by atoms with Gasteiger partial charge in [-0.1, -0.05) is 26.0 Å². The van der Waals surface area contributed by atoms with Crippen LogP contribution < -0.4 is 0 Å². The van der Waals surface area contributed by atoms with Crippen molar-refractivity contribution in [3.8, 4) is 11.1 Å². The lowest BCUT2D eigenvalue weighted by molar-refractivity contribution is 0.0692. The molecule has 2 aromatic heterocycles. The van der Waals surface area contributed by atoms with Crippen LogP contribution in [0.4, 0.5) is 0 Å². The average Bonchev–Trinajstić information content (AvgIpc) is 3.04. The van der Waals surface area contributed by atoms with Gasteiger partial charge in [-0.2, -0.15) is 0 Å². The summed E-state index contributed by atoms with van der Waals surface area (Å²) in [5, 5.41) is 10.6. The van der Waals surface area contributed by atoms with Gasteiger partial charge < -0.3 is 10.1 Å². The second-order valence-electron chi connectivity index (χ2n) is 6.66. The average molecular weight is 375 g/mol. The number of carboxylic acid groups (broad SMARTS) is 1. The summed E-state index contributed by atoms with van der Waals surface area (Å²) < 4.78 is 2.03. The third kappa shape index (κ3) is 3.92. The van der Waals surface area contributed by atoms with Crippen LogP contribution >= 0.6 is 23.3 Å². The van der Waals surface area contributed by atoms with E-state index in [4.69, 9.17) is 0 Å². The SMILES string of the molecule is CC(C)Cc1cc2c(-c3ccc(SN(C)C)cc3)c(C(=O)O)[nH]c2s1. The predicted molar refractivity (Wildman–Crippen MR) is 107 cm³/mol. The highest BCUT2D eigenvalue weighted by atomic mass is 32.2. The van der Waals surface area contributed by atoms with Crippen LogP contribution in [0.25, 0.3) is 21.3 Å². The molecule has 0 unspecified atom stereocenters. The number of hydrogen-bond acceptors (Lipinski definition) is 4. The van der Waals surface area contributed by atoms with Crippen LogP contribution in [-0.2, 0) is 6.42 Å². The number of aromatic carboxylic acids is 1. The van der Waals surface area contributed by atoms with E-state index in [-0.39, 0.29) is 5.69 Å². The number of carbonyl (C=O) groups is 1. The van der Waals surface area contributed by atoms with Crippen molar-refractivity contribution >= 4 is 39.5 Å². The first kappa shape index (κ1) is 18.0. The van der Waals surface area contributed by atoms with Gasteiger partial charge in [0.2, 0.25) is 0 Å². The third-order valence-electron chi connectivity index (χ3n) is 3.80. The van der Waals surface area contributed by atoms with E-state index in [0.29, 0.717) is 5.92 Å². The Morgan fingerprint density at radius 2 is 1.96 bits per heavy atom. The van der Waals surface area contributed by atoms with Gasteiger partial charge in [-0.05, 0) is 62.1 Å². The summed E-state index contributed by atoms with van der Waals surface area (Å²) in [6, 6.07) is 10.2. The molecule has 1 aromatic carbocycles. The molecule has 0 aliphatic rings. The number of nitrogens with one attached hydrogen (secondary N) is 1. The fourth-order valence-corrected chi connectivity index (χ4v) is 4.85. The smallest absolute Gasteiger partial charge is 0.353 e. The van der Waals surface area contributed by atoms with Crippen molar-refractivity contribution in [2.24, 2.45) is 5.92 Å². The molecular formula is C19H22N2O2S2. The molecule has 0 saturated heterocycles. The van der Waals surface area contributed by atoms with Crippen molar-refractivity contribution in [3.05, 3.63) is 40.9 Å². The molecule has 0 spiro atoms. The Kier molecular flexibility index (Phi) is 5.22. The number of aromatic amines is 1. The summed E-state index contributed by atoms with van der Waals surface area (Å²) in [6.07, 6.45) is 1.01. The normalized spacial score (nSPS) is 11.8. The Hall–Kier alpha value is -1.76. The van der Waals surface area contributed by atoms with Crippen molar-refractivity contribution in [2.75, 3.05) is 14.1 Å². The summed E-state index contributed by atoms with van der Waals surface area (Å²) >= 11 is 3.30. The molecule has 0 saturated carbocycles. The largest absolute Gasteiger partial charge is 0.477 e. The standard InChI is InChI=1S/C19H22N2O2S2/c1-11(2)9-14-10-15-16(17(19(22)23)20-18(15)24-14)12-5-7-13(8-6-12)25-21(3)4/h5-8,10-11,20H,9H2,1-4H3,(H,22,23). The quantitative estimate of drug-likeness (QED) is 0.570. The molecule has 0 bridgehead atoms. The van der Waals surface area contributed by atoms with Crippen LogP contribution in [-0.4, -0.2) is 34.5 Å². The van der Waals surface area contributed by atoms with Gasteiger partial charge in [0.25, 0.3) is 0 Å². The Morgan fingerprint density at radius 1 is 1.28 bits per heavy atom. The summed E-state index contributed by atoms with van der Waals surface area (Å²) in [6.45, 7) is 4.39. The lowest BCUT2D eigenvalue weighted by atomic mass is 10.0. The molecule has 0 atom stereocenters. The van der Waals surface area contributed by atoms with Crippen molar-refractivity contribution in [1.29, 1.82) is 0 Å². The number of nitrogens with zero attached hydrogens (tertiary/aromatic N) is 1. The Balaban J connectivity index is 2.07. The van der Waals surface area contributed by atoms with Gasteiger partial charge in [0, 0.05) is 20.7 Å². The first-order chi connectivity index (χ1) is 11.8. The monoisotopic (exact) mass is 374 g/mol. The van der Waals surface area contributed by atoms with E-state index in [2.05, 4.69) is 24.9 Å². The van der Waals surface area contributed by atoms with Gasteiger partial charge in [-0.3, -0.25) is 4.31 Å². The molecule has 0 aliphatic heterocycles. The Morgan fingerprint density at radius 3 is 2.52 bits per heavy atom. The first-order valence-corrected chi connectivity index (χ1v) is 9.77. The van der Waals surface area contributed by atoms with Crippen molar-refractivity contribution in [2.45, 2.75) is 25.2 Å². The number of fused-ring (bicyclic) bond motifs is 1. The number of thiophene rings is 1. The Bertz CT molecular complexity index is 892. The molecule has 25 heavy (non-hydrogen) atoms. The molecule has 0 aliphatic carbocycles. The zero-order valence-corrected chi connectivity index (χ0v) is 16.4. The van der Waals surface area contributed by atoms with Crippen LogP contribution in [0.1, 0.15) is 29.2 Å². The van der Waals surface area contributed by atoms with E-state index < -0.39 is 5.97 Å². The summed E-state index contributed by atoms with van der Waals surface area (Å²) in [5.74, 6) is -0.344. The van der Waals surface area contributed by atoms with Gasteiger partial charge in [-0.15, -0.1) is 11.3 Å². The second-order valence-corrected chi connectivity index (χ2v) is 9.18. The zero-order valence-electron chi connectivity index (χ0n) is 14.8. The van der Waals surface area contributed by atoms with Crippen LogP contribution in [0.5, 0.6) is 0 Å². The highest BCUT2D eigenvalue weighted by Crippen LogP contribution is 2.38. The lowest BCUT2D eigenvalue weighted by Gasteiger charge is -2.09. The highest BCUT2D eigenvalue weighted by Gasteiger charge is 2.21. The maximum atomic E-state index is 11.7. The van der Waals surface area contributed by atoms with Crippen molar-refractivity contribution in [3.63, 3.8) is 0 Å². The predicted octanol–water partition coefficient (Wildman–Crippen LogP) is 5.36. The van der Waals surface area contributed by atoms with Crippen LogP contribution in [0.3, 0.4) is 0 Å². The highest BCUT2D eigenvalue weighted by molar-refractivity contribution is 7.97. The van der Waals surface area contributed by atoms with E-state index in [1.807, 2.05) is 42.7 Å². The van der Waals surface area contributed by atoms with Gasteiger partial charge in [0.1, 0.15) is 10.5 Å². The second kappa shape index (κ2) is 7.23. The number of hydrogen-bond donors (Lipinski definition) is 2. The molecule has 132 valence electrons. The zero-order chi connectivity index (χ0) is 18.1. The van der Waals surface area contributed by atoms with Crippen molar-refractivity contribution in [1.82, 2.24) is 9.29 Å². The van der Waals surface area contributed by atoms with Gasteiger partial charge in [-0.25, -0.2) is 4.79 Å². The van der Waals surface area contributed by atoms with Crippen molar-refractivity contribution < 1.29 is 9.90 Å². The maximum Gasteiger partial charge on any atom is 0.353 e. The molecule has 2 N–H and O–H groups in total. The molecule has 0 fully saturated rings. The summed E-state index contributed by atoms with van der Waals surface area (Å²) in [5.41, 5.74) is 1.99. The lowest BCUT2D eigenvalue weighted by Crippen LogP contribution is -2.00. The van der Waals surface area contributed by atoms with Gasteiger partial charge in [0.15, 0.2) is 0 Å². The molecule has 0 radical (unpaired) electrons. The molecule has 4 nitrogen and oxygen atoms in total. The van der Waals surface area contributed by atoms with Crippen LogP contribution in [0, 0.1) is 5.92 Å². The van der Waals surface area contributed by atoms with Crippen LogP contribution in [0.2, 0.25) is 0 Å². The minimum atomic E-state index is -0.921. The van der Waals surface area contributed by atoms with E-state index in [1.54, 1.807) is 23.3 Å². The number of carboxylic acids is 1. The first-order valence-electron chi connectivity index (χ1n) is 8.18. The topological polar surface area (TPSA) is 56.3 Å². The van der Waals surface area contributed by atoms with E-state index >= 15 is 0 Å². The van der Waals surface area contributed by atoms with E-state index in [1.165, 1.54) is 4.88 Å². The van der Waals surface area contributed by atoms with Gasteiger partial charge in [0.05, 0.1) is 0 Å². The van der Waals surface area contributed by atoms with E-state index in [9.17, 15) is 9.90 Å². The minimum Gasteiger partial charge on any atom is -0.477 e. The van der Waals surface area contributed by atoms with Gasteiger partial charge >= 0.3 is 5.97 Å². The number of benzene rings is 1. The Labute approximate surface area is 156 Å². The molecule has 0 amide bonds. The minimum absolute atomic E-state index is 0.269. The molecule has 3 aromatic rings. The molecule has 2 heterocycles. The number of H-pyrrole nitrogens is 1. The molecule has 6 heteroatoms. The fraction of sp³-hybridized carbons (Fsp3) is 0.316. The third-order valence-corrected chi connectivity index (χ3v) is 5.72. The number of rotatable bonds is 6. The van der Waals surface area contributed by atoms with E-state index in [0.717, 1.165) is 32.7 Å². The molecular weight excluding hydrogens is 352 g/mol.